The van der Waals surface area contributed by atoms with Gasteiger partial charge < -0.3 is 15.1 Å². The Labute approximate surface area is 191 Å². The third-order valence-electron chi connectivity index (χ3n) is 6.64. The Balaban J connectivity index is 1.31. The highest BCUT2D eigenvalue weighted by atomic mass is 16.2. The van der Waals surface area contributed by atoms with E-state index in [1.165, 1.54) is 0 Å². The van der Waals surface area contributed by atoms with Crippen LogP contribution in [0.4, 0.5) is 10.5 Å². The minimum atomic E-state index is -1.13. The molecule has 2 unspecified atom stereocenters. The second-order valence-electron chi connectivity index (χ2n) is 8.78. The molecule has 0 saturated carbocycles. The molecule has 2 aromatic carbocycles. The first-order chi connectivity index (χ1) is 15.9. The molecular weight excluding hydrogens is 418 g/mol. The van der Waals surface area contributed by atoms with Crippen LogP contribution in [0, 0.1) is 0 Å². The van der Waals surface area contributed by atoms with Crippen molar-refractivity contribution in [1.82, 2.24) is 20.5 Å². The van der Waals surface area contributed by atoms with Crippen LogP contribution < -0.4 is 15.5 Å². The summed E-state index contributed by atoms with van der Waals surface area (Å²) in [6, 6.07) is 14.6. The minimum absolute atomic E-state index is 0.0282. The maximum Gasteiger partial charge on any atom is 0.322 e. The molecule has 4 amide bonds. The van der Waals surface area contributed by atoms with Crippen molar-refractivity contribution in [2.24, 2.45) is 0 Å². The van der Waals surface area contributed by atoms with Gasteiger partial charge in [-0.25, -0.2) is 4.79 Å². The number of carbonyl (C=O) groups excluding carboxylic acids is 3. The predicted molar refractivity (Wildman–Crippen MR) is 125 cm³/mol. The van der Waals surface area contributed by atoms with Gasteiger partial charge in [0, 0.05) is 60.1 Å². The van der Waals surface area contributed by atoms with Gasteiger partial charge in [-0.1, -0.05) is 24.3 Å². The number of benzene rings is 2. The van der Waals surface area contributed by atoms with Crippen LogP contribution in [0.3, 0.4) is 0 Å². The largest absolute Gasteiger partial charge is 0.367 e. The molecule has 8 heteroatoms. The van der Waals surface area contributed by atoms with Gasteiger partial charge >= 0.3 is 6.03 Å². The molecule has 0 radical (unpaired) electrons. The van der Waals surface area contributed by atoms with E-state index in [0.29, 0.717) is 17.7 Å². The lowest BCUT2D eigenvalue weighted by atomic mass is 9.91. The van der Waals surface area contributed by atoms with Crippen molar-refractivity contribution in [1.29, 1.82) is 0 Å². The summed E-state index contributed by atoms with van der Waals surface area (Å²) in [5.74, 6) is -0.443. The first kappa shape index (κ1) is 20.9. The van der Waals surface area contributed by atoms with Crippen molar-refractivity contribution in [3.63, 3.8) is 0 Å². The summed E-state index contributed by atoms with van der Waals surface area (Å²) >= 11 is 0. The van der Waals surface area contributed by atoms with Crippen LogP contribution in [0.1, 0.15) is 29.8 Å². The van der Waals surface area contributed by atoms with Gasteiger partial charge in [0.25, 0.3) is 11.8 Å². The Morgan fingerprint density at radius 2 is 1.88 bits per heavy atom. The van der Waals surface area contributed by atoms with Crippen molar-refractivity contribution in [2.45, 2.75) is 25.4 Å². The smallest absolute Gasteiger partial charge is 0.322 e. The topological polar surface area (TPSA) is 94.6 Å². The highest BCUT2D eigenvalue weighted by Gasteiger charge is 2.43. The maximum atomic E-state index is 13.2. The number of nitrogens with zero attached hydrogens (tertiary/aromatic N) is 3. The molecule has 2 fully saturated rings. The molecule has 0 aliphatic carbocycles. The number of amides is 4. The van der Waals surface area contributed by atoms with Crippen molar-refractivity contribution in [2.75, 3.05) is 24.5 Å². The molecule has 3 heterocycles. The standard InChI is InChI=1S/C25H25N5O3/c1-16-15-29(21-5-3-4-18-14-26-11-10-20(18)21)12-13-30(16)22(31)17-6-8-19(9-7-17)25(2)23(32)27-24(33)28-25/h3-11,14,16H,12-13,15H2,1-2H3,(H2,27,28,32,33). The molecule has 5 rings (SSSR count). The fourth-order valence-corrected chi connectivity index (χ4v) is 4.72. The molecular formula is C25H25N5O3. The molecule has 2 aliphatic rings. The van der Waals surface area contributed by atoms with Crippen LogP contribution in [0.15, 0.2) is 60.9 Å². The summed E-state index contributed by atoms with van der Waals surface area (Å²) in [7, 11) is 0. The van der Waals surface area contributed by atoms with Gasteiger partial charge in [-0.05, 0) is 43.7 Å². The average Bonchev–Trinajstić information content (AvgIpc) is 3.10. The number of aromatic nitrogens is 1. The molecule has 8 nitrogen and oxygen atoms in total. The number of piperazine rings is 1. The Bertz CT molecular complexity index is 1250. The summed E-state index contributed by atoms with van der Waals surface area (Å²) in [5.41, 5.74) is 1.21. The van der Waals surface area contributed by atoms with E-state index in [0.717, 1.165) is 29.5 Å². The van der Waals surface area contributed by atoms with E-state index in [1.807, 2.05) is 23.2 Å². The third-order valence-corrected chi connectivity index (χ3v) is 6.64. The molecule has 3 aromatic rings. The molecule has 33 heavy (non-hydrogen) atoms. The molecule has 0 spiro atoms. The van der Waals surface area contributed by atoms with E-state index in [9.17, 15) is 14.4 Å². The Morgan fingerprint density at radius 3 is 2.58 bits per heavy atom. The van der Waals surface area contributed by atoms with Crippen LogP contribution in [0.2, 0.25) is 0 Å². The lowest BCUT2D eigenvalue weighted by Crippen LogP contribution is -2.54. The van der Waals surface area contributed by atoms with Gasteiger partial charge in [0.15, 0.2) is 0 Å². The molecule has 0 bridgehead atoms. The van der Waals surface area contributed by atoms with Crippen molar-refractivity contribution in [3.8, 4) is 0 Å². The van der Waals surface area contributed by atoms with E-state index < -0.39 is 17.5 Å². The van der Waals surface area contributed by atoms with Crippen molar-refractivity contribution >= 4 is 34.3 Å². The van der Waals surface area contributed by atoms with Gasteiger partial charge in [-0.2, -0.15) is 0 Å². The quantitative estimate of drug-likeness (QED) is 0.607. The van der Waals surface area contributed by atoms with Crippen LogP contribution in [0.25, 0.3) is 10.8 Å². The van der Waals surface area contributed by atoms with Crippen LogP contribution in [-0.4, -0.2) is 53.4 Å². The first-order valence-electron chi connectivity index (χ1n) is 11.0. The molecule has 2 aliphatic heterocycles. The number of urea groups is 1. The van der Waals surface area contributed by atoms with Crippen LogP contribution in [0.5, 0.6) is 0 Å². The van der Waals surface area contributed by atoms with E-state index >= 15 is 0 Å². The highest BCUT2D eigenvalue weighted by Crippen LogP contribution is 2.29. The van der Waals surface area contributed by atoms with Crippen molar-refractivity contribution < 1.29 is 14.4 Å². The number of pyridine rings is 1. The fraction of sp³-hybridized carbons (Fsp3) is 0.280. The van der Waals surface area contributed by atoms with Crippen LogP contribution >= 0.6 is 0 Å². The van der Waals surface area contributed by atoms with E-state index in [1.54, 1.807) is 37.4 Å². The number of fused-ring (bicyclic) bond motifs is 1. The monoisotopic (exact) mass is 443 g/mol. The predicted octanol–water partition coefficient (Wildman–Crippen LogP) is 2.64. The number of nitrogens with one attached hydrogen (secondary N) is 2. The summed E-state index contributed by atoms with van der Waals surface area (Å²) in [4.78, 5) is 45.4. The zero-order valence-electron chi connectivity index (χ0n) is 18.5. The number of imide groups is 1. The molecule has 2 saturated heterocycles. The summed E-state index contributed by atoms with van der Waals surface area (Å²) < 4.78 is 0. The first-order valence-corrected chi connectivity index (χ1v) is 11.0. The zero-order chi connectivity index (χ0) is 23.2. The van der Waals surface area contributed by atoms with Gasteiger partial charge in [0.05, 0.1) is 0 Å². The zero-order valence-corrected chi connectivity index (χ0v) is 18.5. The third kappa shape index (κ3) is 3.57. The summed E-state index contributed by atoms with van der Waals surface area (Å²) in [6.45, 7) is 5.79. The lowest BCUT2D eigenvalue weighted by Gasteiger charge is -2.41. The lowest BCUT2D eigenvalue weighted by molar-refractivity contribution is -0.123. The molecule has 2 atom stereocenters. The number of rotatable bonds is 3. The van der Waals surface area contributed by atoms with E-state index in [4.69, 9.17) is 0 Å². The van der Waals surface area contributed by atoms with E-state index in [2.05, 4.69) is 39.6 Å². The summed E-state index contributed by atoms with van der Waals surface area (Å²) in [6.07, 6.45) is 3.67. The number of carbonyl (C=O) groups is 3. The number of hydrogen-bond donors (Lipinski definition) is 2. The molecule has 168 valence electrons. The van der Waals surface area contributed by atoms with Gasteiger partial charge in [0.2, 0.25) is 0 Å². The van der Waals surface area contributed by atoms with Gasteiger partial charge in [-0.3, -0.25) is 19.9 Å². The van der Waals surface area contributed by atoms with Gasteiger partial charge in [0.1, 0.15) is 5.54 Å². The Kier molecular flexibility index (Phi) is 5.00. The second kappa shape index (κ2) is 7.88. The summed E-state index contributed by atoms with van der Waals surface area (Å²) in [5, 5.41) is 7.16. The minimum Gasteiger partial charge on any atom is -0.367 e. The highest BCUT2D eigenvalue weighted by molar-refractivity contribution is 6.07. The second-order valence-corrected chi connectivity index (χ2v) is 8.78. The maximum absolute atomic E-state index is 13.2. The molecule has 1 aromatic heterocycles. The SMILES string of the molecule is CC1CN(c2cccc3cnccc23)CCN1C(=O)c1ccc(C2(C)NC(=O)NC2=O)cc1. The van der Waals surface area contributed by atoms with Crippen LogP contribution in [-0.2, 0) is 10.3 Å². The molecule has 2 N–H and O–H groups in total. The average molecular weight is 444 g/mol. The fourth-order valence-electron chi connectivity index (χ4n) is 4.72. The van der Waals surface area contributed by atoms with E-state index in [-0.39, 0.29) is 11.9 Å². The van der Waals surface area contributed by atoms with Gasteiger partial charge in [-0.15, -0.1) is 0 Å². The Hall–Kier alpha value is -3.94. The van der Waals surface area contributed by atoms with Crippen molar-refractivity contribution in [3.05, 3.63) is 72.1 Å². The number of hydrogen-bond acceptors (Lipinski definition) is 5. The normalized spacial score (nSPS) is 22.9. The Morgan fingerprint density at radius 1 is 1.09 bits per heavy atom. The number of anilines is 1.